The molecule has 0 bridgehead atoms. The molecule has 4 rings (SSSR count). The lowest BCUT2D eigenvalue weighted by Crippen LogP contribution is -2.39. The van der Waals surface area contributed by atoms with Gasteiger partial charge in [-0.05, 0) is 48.7 Å². The van der Waals surface area contributed by atoms with Crippen LogP contribution in [-0.2, 0) is 14.6 Å². The number of nitrogens with one attached hydrogen (secondary N) is 1. The number of rotatable bonds is 4. The average molecular weight is 467 g/mol. The molecule has 168 valence electrons. The fourth-order valence-electron chi connectivity index (χ4n) is 3.85. The Morgan fingerprint density at radius 1 is 1.19 bits per heavy atom. The molecule has 3 N–H and O–H groups in total. The van der Waals surface area contributed by atoms with Gasteiger partial charge in [0.25, 0.3) is 15.7 Å². The molecule has 2 atom stereocenters. The Bertz CT molecular complexity index is 1260. The zero-order chi connectivity index (χ0) is 23.6. The van der Waals surface area contributed by atoms with Crippen molar-refractivity contribution in [1.29, 1.82) is 5.41 Å². The maximum Gasteiger partial charge on any atom is 0.501 e. The number of carbonyl (C=O) groups is 2. The Morgan fingerprint density at radius 2 is 1.78 bits per heavy atom. The van der Waals surface area contributed by atoms with Crippen LogP contribution >= 0.6 is 0 Å². The smallest absolute Gasteiger partial charge is 0.382 e. The second-order valence-corrected chi connectivity index (χ2v) is 9.49. The fraction of sp³-hybridized carbons (Fsp3) is 0.263. The number of hydrogen-bond donors (Lipinski definition) is 2. The predicted octanol–water partition coefficient (Wildman–Crippen LogP) is 2.41. The SMILES string of the molecule is CC1CC12C(=O)N(c1ccc(S(=O)(=O)C(F)(F)F)cc1)C(=O)N2c1ccnc(C(=N)N)c1. The molecule has 2 unspecified atom stereocenters. The summed E-state index contributed by atoms with van der Waals surface area (Å²) >= 11 is 0. The lowest BCUT2D eigenvalue weighted by Gasteiger charge is -2.22. The summed E-state index contributed by atoms with van der Waals surface area (Å²) in [6.45, 7) is 1.77. The van der Waals surface area contributed by atoms with Gasteiger partial charge in [0.1, 0.15) is 17.1 Å². The summed E-state index contributed by atoms with van der Waals surface area (Å²) in [6, 6.07) is 5.47. The highest BCUT2D eigenvalue weighted by Gasteiger charge is 2.70. The molecule has 32 heavy (non-hydrogen) atoms. The molecular weight excluding hydrogens is 451 g/mol. The molecule has 1 aromatic heterocycles. The highest BCUT2D eigenvalue weighted by atomic mass is 32.2. The van der Waals surface area contributed by atoms with E-state index in [9.17, 15) is 31.2 Å². The van der Waals surface area contributed by atoms with Gasteiger partial charge in [-0.3, -0.25) is 20.1 Å². The molecule has 1 aliphatic heterocycles. The minimum atomic E-state index is -5.57. The van der Waals surface area contributed by atoms with E-state index in [4.69, 9.17) is 11.1 Å². The van der Waals surface area contributed by atoms with Gasteiger partial charge < -0.3 is 5.73 Å². The van der Waals surface area contributed by atoms with Gasteiger partial charge in [-0.15, -0.1) is 0 Å². The summed E-state index contributed by atoms with van der Waals surface area (Å²) in [5.41, 5.74) is -0.886. The Hall–Kier alpha value is -3.48. The number of amidine groups is 1. The standard InChI is InChI=1S/C19H16F3N5O4S/c1-10-9-18(10)16(28)26(11-2-4-13(5-3-11)32(30,31)19(20,21)22)17(29)27(18)12-6-7-25-14(8-12)15(23)24/h2-8,10H,9H2,1H3,(H3,23,24). The Balaban J connectivity index is 1.75. The van der Waals surface area contributed by atoms with Crippen molar-refractivity contribution >= 4 is 39.0 Å². The lowest BCUT2D eigenvalue weighted by atomic mass is 10.1. The lowest BCUT2D eigenvalue weighted by molar-refractivity contribution is -0.119. The third-order valence-corrected chi connectivity index (χ3v) is 7.12. The van der Waals surface area contributed by atoms with E-state index in [1.54, 1.807) is 6.92 Å². The van der Waals surface area contributed by atoms with Crippen molar-refractivity contribution in [3.63, 3.8) is 0 Å². The van der Waals surface area contributed by atoms with E-state index in [0.717, 1.165) is 17.0 Å². The number of nitrogens with zero attached hydrogens (tertiary/aromatic N) is 3. The van der Waals surface area contributed by atoms with E-state index in [1.807, 2.05) is 0 Å². The summed E-state index contributed by atoms with van der Waals surface area (Å²) in [4.78, 5) is 31.5. The van der Waals surface area contributed by atoms with E-state index in [0.29, 0.717) is 18.6 Å². The van der Waals surface area contributed by atoms with Gasteiger partial charge in [0.05, 0.1) is 16.3 Å². The first-order valence-corrected chi connectivity index (χ1v) is 10.7. The van der Waals surface area contributed by atoms with Crippen molar-refractivity contribution in [2.45, 2.75) is 29.3 Å². The maximum atomic E-state index is 13.3. The fourth-order valence-corrected chi connectivity index (χ4v) is 4.61. The van der Waals surface area contributed by atoms with Crippen LogP contribution in [0.5, 0.6) is 0 Å². The summed E-state index contributed by atoms with van der Waals surface area (Å²) in [6.07, 6.45) is 1.69. The number of aromatic nitrogens is 1. The Labute approximate surface area is 180 Å². The quantitative estimate of drug-likeness (QED) is 0.402. The molecule has 2 aromatic rings. The molecule has 1 aromatic carbocycles. The first kappa shape index (κ1) is 21.7. The predicted molar refractivity (Wildman–Crippen MR) is 107 cm³/mol. The van der Waals surface area contributed by atoms with Gasteiger partial charge in [-0.25, -0.2) is 18.1 Å². The van der Waals surface area contributed by atoms with E-state index in [2.05, 4.69) is 4.98 Å². The molecule has 2 aliphatic rings. The van der Waals surface area contributed by atoms with Crippen LogP contribution in [0.1, 0.15) is 19.0 Å². The van der Waals surface area contributed by atoms with E-state index < -0.39 is 37.7 Å². The van der Waals surface area contributed by atoms with Crippen molar-refractivity contribution in [3.8, 4) is 0 Å². The number of anilines is 2. The highest BCUT2D eigenvalue weighted by molar-refractivity contribution is 7.92. The molecule has 3 amide bonds. The minimum absolute atomic E-state index is 0.0667. The van der Waals surface area contributed by atoms with Crippen molar-refractivity contribution in [2.75, 3.05) is 9.80 Å². The number of alkyl halides is 3. The Morgan fingerprint density at radius 3 is 2.28 bits per heavy atom. The number of amides is 3. The molecule has 13 heteroatoms. The second-order valence-electron chi connectivity index (χ2n) is 7.54. The van der Waals surface area contributed by atoms with Crippen LogP contribution in [0.2, 0.25) is 0 Å². The molecule has 1 saturated carbocycles. The van der Waals surface area contributed by atoms with Crippen LogP contribution in [0.15, 0.2) is 47.5 Å². The molecule has 2 fully saturated rings. The summed E-state index contributed by atoms with van der Waals surface area (Å²) in [7, 11) is -5.57. The monoisotopic (exact) mass is 467 g/mol. The van der Waals surface area contributed by atoms with Gasteiger partial charge in [0, 0.05) is 6.20 Å². The number of nitrogens with two attached hydrogens (primary N) is 1. The number of carbonyl (C=O) groups excluding carboxylic acids is 2. The van der Waals surface area contributed by atoms with E-state index >= 15 is 0 Å². The molecule has 0 radical (unpaired) electrons. The number of hydrogen-bond acceptors (Lipinski definition) is 6. The number of benzene rings is 1. The highest BCUT2D eigenvalue weighted by Crippen LogP contribution is 2.55. The number of imide groups is 1. The van der Waals surface area contributed by atoms with Gasteiger partial charge in [-0.1, -0.05) is 6.92 Å². The van der Waals surface area contributed by atoms with Crippen molar-refractivity contribution in [3.05, 3.63) is 48.3 Å². The van der Waals surface area contributed by atoms with Gasteiger partial charge in [-0.2, -0.15) is 13.2 Å². The van der Waals surface area contributed by atoms with Crippen LogP contribution < -0.4 is 15.5 Å². The van der Waals surface area contributed by atoms with Crippen LogP contribution in [0.4, 0.5) is 29.3 Å². The number of nitrogen functional groups attached to an aromatic ring is 1. The van der Waals surface area contributed by atoms with Crippen molar-refractivity contribution in [1.82, 2.24) is 4.98 Å². The van der Waals surface area contributed by atoms with Crippen LogP contribution in [-0.4, -0.2) is 42.2 Å². The van der Waals surface area contributed by atoms with Crippen LogP contribution in [0.25, 0.3) is 0 Å². The average Bonchev–Trinajstić information content (AvgIpc) is 3.33. The van der Waals surface area contributed by atoms with E-state index in [1.165, 1.54) is 23.2 Å². The number of urea groups is 1. The number of halogens is 3. The third kappa shape index (κ3) is 2.95. The normalized spacial score (nSPS) is 23.2. The summed E-state index contributed by atoms with van der Waals surface area (Å²) in [5, 5.41) is 7.54. The largest absolute Gasteiger partial charge is 0.501 e. The third-order valence-electron chi connectivity index (χ3n) is 5.62. The van der Waals surface area contributed by atoms with Crippen molar-refractivity contribution < 1.29 is 31.2 Å². The molecule has 1 saturated heterocycles. The molecule has 9 nitrogen and oxygen atoms in total. The van der Waals surface area contributed by atoms with Gasteiger partial charge in [0.2, 0.25) is 0 Å². The van der Waals surface area contributed by atoms with Crippen LogP contribution in [0, 0.1) is 11.3 Å². The van der Waals surface area contributed by atoms with Crippen LogP contribution in [0.3, 0.4) is 0 Å². The zero-order valence-corrected chi connectivity index (χ0v) is 17.2. The Kier molecular flexibility index (Phi) is 4.59. The first-order valence-electron chi connectivity index (χ1n) is 9.23. The summed E-state index contributed by atoms with van der Waals surface area (Å²) < 4.78 is 61.5. The minimum Gasteiger partial charge on any atom is -0.382 e. The number of pyridine rings is 1. The van der Waals surface area contributed by atoms with Gasteiger partial charge in [0.15, 0.2) is 0 Å². The second kappa shape index (κ2) is 6.76. The molecule has 1 aliphatic carbocycles. The molecule has 1 spiro atoms. The maximum absolute atomic E-state index is 13.3. The van der Waals surface area contributed by atoms with E-state index in [-0.39, 0.29) is 28.8 Å². The number of sulfone groups is 1. The van der Waals surface area contributed by atoms with Gasteiger partial charge >= 0.3 is 11.5 Å². The molecular formula is C19H16F3N5O4S. The van der Waals surface area contributed by atoms with Crippen molar-refractivity contribution in [2.24, 2.45) is 11.7 Å². The first-order chi connectivity index (χ1) is 14.8. The topological polar surface area (TPSA) is 138 Å². The summed E-state index contributed by atoms with van der Waals surface area (Å²) in [5.74, 6) is -1.12. The zero-order valence-electron chi connectivity index (χ0n) is 16.4. The molecule has 2 heterocycles.